The van der Waals surface area contributed by atoms with Gasteiger partial charge in [-0.3, -0.25) is 4.90 Å². The lowest BCUT2D eigenvalue weighted by Gasteiger charge is -2.26. The molecule has 1 heterocycles. The largest absolute Gasteiger partial charge is 0.379 e. The third-order valence-electron chi connectivity index (χ3n) is 4.40. The van der Waals surface area contributed by atoms with Crippen molar-refractivity contribution in [2.45, 2.75) is 22.8 Å². The summed E-state index contributed by atoms with van der Waals surface area (Å²) in [4.78, 5) is 9.33. The third-order valence-corrected chi connectivity index (χ3v) is 5.41. The minimum Gasteiger partial charge on any atom is -0.379 e. The molecule has 3 rings (SSSR count). The molecule has 0 radical (unpaired) electrons. The van der Waals surface area contributed by atoms with E-state index in [9.17, 15) is 0 Å². The zero-order valence-corrected chi connectivity index (χ0v) is 19.2. The van der Waals surface area contributed by atoms with Gasteiger partial charge in [0.15, 0.2) is 5.96 Å². The van der Waals surface area contributed by atoms with Gasteiger partial charge in [0.1, 0.15) is 0 Å². The standard InChI is InChI=1S/C21H28N4OS.HI/c22-21(23-11-4-12-25-13-15-26-16-14-25)24-17-18-7-9-20(10-8-18)27-19-5-2-1-3-6-19;/h1-3,5-10H,4,11-17H2,(H3,22,23,24);1H. The van der Waals surface area contributed by atoms with E-state index in [0.717, 1.165) is 51.4 Å². The number of ether oxygens (including phenoxy) is 1. The van der Waals surface area contributed by atoms with Gasteiger partial charge in [-0.05, 0) is 42.8 Å². The number of nitrogens with two attached hydrogens (primary N) is 1. The van der Waals surface area contributed by atoms with Crippen LogP contribution in [-0.2, 0) is 11.3 Å². The first-order valence-corrected chi connectivity index (χ1v) is 10.3. The zero-order valence-electron chi connectivity index (χ0n) is 16.0. The van der Waals surface area contributed by atoms with Gasteiger partial charge in [0.25, 0.3) is 0 Å². The molecule has 7 heteroatoms. The van der Waals surface area contributed by atoms with E-state index in [1.165, 1.54) is 9.79 Å². The van der Waals surface area contributed by atoms with E-state index >= 15 is 0 Å². The smallest absolute Gasteiger partial charge is 0.188 e. The van der Waals surface area contributed by atoms with Gasteiger partial charge in [-0.15, -0.1) is 24.0 Å². The highest BCUT2D eigenvalue weighted by Gasteiger charge is 2.08. The zero-order chi connectivity index (χ0) is 18.7. The van der Waals surface area contributed by atoms with Gasteiger partial charge in [0.2, 0.25) is 0 Å². The van der Waals surface area contributed by atoms with E-state index in [2.05, 4.69) is 63.7 Å². The first-order chi connectivity index (χ1) is 13.3. The van der Waals surface area contributed by atoms with E-state index in [0.29, 0.717) is 12.5 Å². The molecule has 2 aromatic rings. The number of benzene rings is 2. The number of hydrogen-bond acceptors (Lipinski definition) is 4. The van der Waals surface area contributed by atoms with Crippen LogP contribution in [0.4, 0.5) is 0 Å². The summed E-state index contributed by atoms with van der Waals surface area (Å²) in [6.45, 7) is 6.27. The molecule has 152 valence electrons. The van der Waals surface area contributed by atoms with E-state index in [1.54, 1.807) is 11.8 Å². The fraction of sp³-hybridized carbons (Fsp3) is 0.381. The maximum atomic E-state index is 5.97. The predicted molar refractivity (Wildman–Crippen MR) is 128 cm³/mol. The summed E-state index contributed by atoms with van der Waals surface area (Å²) < 4.78 is 5.36. The summed E-state index contributed by atoms with van der Waals surface area (Å²) in [6, 6.07) is 18.9. The highest BCUT2D eigenvalue weighted by Crippen LogP contribution is 2.27. The van der Waals surface area contributed by atoms with Crippen LogP contribution in [0.3, 0.4) is 0 Å². The first-order valence-electron chi connectivity index (χ1n) is 9.45. The average molecular weight is 512 g/mol. The summed E-state index contributed by atoms with van der Waals surface area (Å²) in [7, 11) is 0. The molecule has 0 spiro atoms. The fourth-order valence-corrected chi connectivity index (χ4v) is 3.70. The molecule has 1 aliphatic rings. The molecule has 28 heavy (non-hydrogen) atoms. The van der Waals surface area contributed by atoms with Crippen molar-refractivity contribution in [1.29, 1.82) is 0 Å². The molecule has 2 aromatic carbocycles. The van der Waals surface area contributed by atoms with Crippen molar-refractivity contribution in [2.24, 2.45) is 10.7 Å². The summed E-state index contributed by atoms with van der Waals surface area (Å²) in [5.41, 5.74) is 7.13. The van der Waals surface area contributed by atoms with Crippen LogP contribution in [0.15, 0.2) is 69.4 Å². The quantitative estimate of drug-likeness (QED) is 0.245. The molecule has 0 aliphatic carbocycles. The Labute approximate surface area is 189 Å². The Morgan fingerprint density at radius 2 is 1.71 bits per heavy atom. The third kappa shape index (κ3) is 8.38. The van der Waals surface area contributed by atoms with Crippen molar-refractivity contribution in [3.63, 3.8) is 0 Å². The van der Waals surface area contributed by atoms with Crippen molar-refractivity contribution in [1.82, 2.24) is 10.2 Å². The number of nitrogens with zero attached hydrogens (tertiary/aromatic N) is 2. The summed E-state index contributed by atoms with van der Waals surface area (Å²) in [5.74, 6) is 0.514. The lowest BCUT2D eigenvalue weighted by atomic mass is 10.2. The number of aliphatic imine (C=N–C) groups is 1. The van der Waals surface area contributed by atoms with Gasteiger partial charge >= 0.3 is 0 Å². The predicted octanol–water partition coefficient (Wildman–Crippen LogP) is 3.58. The monoisotopic (exact) mass is 512 g/mol. The first kappa shape index (κ1) is 23.0. The Morgan fingerprint density at radius 3 is 2.43 bits per heavy atom. The Bertz CT molecular complexity index is 706. The van der Waals surface area contributed by atoms with Gasteiger partial charge < -0.3 is 15.8 Å². The lowest BCUT2D eigenvalue weighted by Crippen LogP contribution is -2.39. The van der Waals surface area contributed by atoms with Gasteiger partial charge in [-0.2, -0.15) is 0 Å². The molecule has 0 amide bonds. The van der Waals surface area contributed by atoms with Crippen molar-refractivity contribution < 1.29 is 4.74 Å². The van der Waals surface area contributed by atoms with Crippen LogP contribution in [0.5, 0.6) is 0 Å². The molecule has 1 fully saturated rings. The highest BCUT2D eigenvalue weighted by atomic mass is 127. The maximum Gasteiger partial charge on any atom is 0.188 e. The molecule has 0 unspecified atom stereocenters. The molecule has 0 atom stereocenters. The number of rotatable bonds is 8. The van der Waals surface area contributed by atoms with Crippen LogP contribution in [0.1, 0.15) is 12.0 Å². The van der Waals surface area contributed by atoms with Gasteiger partial charge in [-0.1, -0.05) is 42.1 Å². The SMILES string of the molecule is I.NC(=NCc1ccc(Sc2ccccc2)cc1)NCCCN1CCOCC1. The Morgan fingerprint density at radius 1 is 1.04 bits per heavy atom. The summed E-state index contributed by atoms with van der Waals surface area (Å²) in [6.07, 6.45) is 1.06. The van der Waals surface area contributed by atoms with Crippen molar-refractivity contribution in [3.05, 3.63) is 60.2 Å². The molecule has 1 saturated heterocycles. The van der Waals surface area contributed by atoms with E-state index in [1.807, 2.05) is 6.07 Å². The fourth-order valence-electron chi connectivity index (χ4n) is 2.86. The van der Waals surface area contributed by atoms with Crippen molar-refractivity contribution in [3.8, 4) is 0 Å². The average Bonchev–Trinajstić information content (AvgIpc) is 2.72. The lowest BCUT2D eigenvalue weighted by molar-refractivity contribution is 0.0376. The molecule has 0 aromatic heterocycles. The Hall–Kier alpha value is -1.29. The highest BCUT2D eigenvalue weighted by molar-refractivity contribution is 14.0. The van der Waals surface area contributed by atoms with E-state index < -0.39 is 0 Å². The Kier molecular flexibility index (Phi) is 10.7. The van der Waals surface area contributed by atoms with Gasteiger partial charge in [0.05, 0.1) is 19.8 Å². The summed E-state index contributed by atoms with van der Waals surface area (Å²) in [5, 5.41) is 3.20. The van der Waals surface area contributed by atoms with E-state index in [-0.39, 0.29) is 24.0 Å². The number of guanidine groups is 1. The van der Waals surface area contributed by atoms with Gasteiger partial charge in [-0.25, -0.2) is 4.99 Å². The van der Waals surface area contributed by atoms with Crippen LogP contribution < -0.4 is 11.1 Å². The molecule has 3 N–H and O–H groups in total. The van der Waals surface area contributed by atoms with Crippen LogP contribution in [0.2, 0.25) is 0 Å². The van der Waals surface area contributed by atoms with E-state index in [4.69, 9.17) is 10.5 Å². The number of hydrogen-bond donors (Lipinski definition) is 2. The van der Waals surface area contributed by atoms with Crippen LogP contribution in [0.25, 0.3) is 0 Å². The molecule has 0 bridgehead atoms. The molecule has 1 aliphatic heterocycles. The maximum absolute atomic E-state index is 5.97. The van der Waals surface area contributed by atoms with Crippen LogP contribution >= 0.6 is 35.7 Å². The molecule has 5 nitrogen and oxygen atoms in total. The van der Waals surface area contributed by atoms with Crippen molar-refractivity contribution in [2.75, 3.05) is 39.4 Å². The normalized spacial score (nSPS) is 15.1. The van der Waals surface area contributed by atoms with Gasteiger partial charge in [0, 0.05) is 29.4 Å². The molecular weight excluding hydrogens is 483 g/mol. The van der Waals surface area contributed by atoms with Crippen molar-refractivity contribution >= 4 is 41.7 Å². The second-order valence-corrected chi connectivity index (χ2v) is 7.64. The number of halogens is 1. The topological polar surface area (TPSA) is 62.9 Å². The second-order valence-electron chi connectivity index (χ2n) is 6.49. The Balaban J connectivity index is 0.00000280. The number of nitrogens with one attached hydrogen (secondary N) is 1. The summed E-state index contributed by atoms with van der Waals surface area (Å²) >= 11 is 1.76. The minimum atomic E-state index is 0. The molecular formula is C21H29IN4OS. The minimum absolute atomic E-state index is 0. The number of morpholine rings is 1. The van der Waals surface area contributed by atoms with Crippen LogP contribution in [-0.4, -0.2) is 50.3 Å². The molecule has 0 saturated carbocycles. The second kappa shape index (κ2) is 13.0. The van der Waals surface area contributed by atoms with Crippen LogP contribution in [0, 0.1) is 0 Å².